The average Bonchev–Trinajstić information content (AvgIpc) is 3.00. The molecule has 0 aliphatic rings. The van der Waals surface area contributed by atoms with E-state index in [0.717, 1.165) is 5.56 Å². The third-order valence-electron chi connectivity index (χ3n) is 4.16. The number of nitrogens with zero attached hydrogens (tertiary/aromatic N) is 4. The number of hydrogen-bond donors (Lipinski definition) is 1. The maximum absolute atomic E-state index is 13.6. The van der Waals surface area contributed by atoms with Gasteiger partial charge in [-0.05, 0) is 23.6 Å². The maximum atomic E-state index is 13.6. The Kier molecular flexibility index (Phi) is 4.27. The lowest BCUT2D eigenvalue weighted by atomic mass is 10.2. The molecule has 0 saturated heterocycles. The molecule has 0 aliphatic carbocycles. The molecule has 0 saturated carbocycles. The number of aromatic nitrogens is 4. The van der Waals surface area contributed by atoms with Crippen LogP contribution in [-0.4, -0.2) is 19.5 Å². The van der Waals surface area contributed by atoms with Crippen LogP contribution in [0.15, 0.2) is 54.6 Å². The van der Waals surface area contributed by atoms with Gasteiger partial charge in [0.1, 0.15) is 11.6 Å². The second kappa shape index (κ2) is 6.89. The van der Waals surface area contributed by atoms with E-state index in [9.17, 15) is 4.39 Å². The van der Waals surface area contributed by atoms with E-state index >= 15 is 0 Å². The highest BCUT2D eigenvalue weighted by Gasteiger charge is 2.15. The van der Waals surface area contributed by atoms with E-state index in [1.165, 1.54) is 12.1 Å². The molecule has 0 aliphatic heterocycles. The molecular formula is C21H16FN5. The fraction of sp³-hybridized carbons (Fsp3) is 0.0952. The van der Waals surface area contributed by atoms with E-state index < -0.39 is 0 Å². The number of benzene rings is 2. The van der Waals surface area contributed by atoms with Crippen LogP contribution in [0.3, 0.4) is 0 Å². The number of anilines is 1. The first-order valence-electron chi connectivity index (χ1n) is 8.40. The lowest BCUT2D eigenvalue weighted by molar-refractivity contribution is 0.628. The molecule has 4 aromatic rings. The Labute approximate surface area is 155 Å². The summed E-state index contributed by atoms with van der Waals surface area (Å²) in [5.41, 5.74) is 8.86. The Morgan fingerprint density at radius 2 is 1.85 bits per heavy atom. The maximum Gasteiger partial charge on any atom is 0.208 e. The summed E-state index contributed by atoms with van der Waals surface area (Å²) in [6.07, 6.45) is 0.599. The third kappa shape index (κ3) is 3.35. The Morgan fingerprint density at radius 3 is 2.63 bits per heavy atom. The molecule has 2 heterocycles. The summed E-state index contributed by atoms with van der Waals surface area (Å²) in [4.78, 5) is 13.2. The Morgan fingerprint density at radius 1 is 1.04 bits per heavy atom. The second-order valence-electron chi connectivity index (χ2n) is 6.07. The zero-order valence-electron chi connectivity index (χ0n) is 14.6. The lowest BCUT2D eigenvalue weighted by Crippen LogP contribution is -2.00. The van der Waals surface area contributed by atoms with Crippen LogP contribution in [0.2, 0.25) is 0 Å². The van der Waals surface area contributed by atoms with Crippen LogP contribution in [0.1, 0.15) is 11.4 Å². The molecule has 0 spiro atoms. The molecule has 0 atom stereocenters. The number of fused-ring (bicyclic) bond motifs is 1. The number of aryl methyl sites for hydroxylation is 1. The van der Waals surface area contributed by atoms with Gasteiger partial charge in [0.25, 0.3) is 0 Å². The summed E-state index contributed by atoms with van der Waals surface area (Å²) in [5.74, 6) is 6.86. The van der Waals surface area contributed by atoms with Gasteiger partial charge in [0, 0.05) is 19.0 Å². The van der Waals surface area contributed by atoms with Gasteiger partial charge in [-0.3, -0.25) is 0 Å². The van der Waals surface area contributed by atoms with Crippen molar-refractivity contribution in [3.8, 4) is 23.2 Å². The van der Waals surface area contributed by atoms with E-state index in [-0.39, 0.29) is 11.6 Å². The van der Waals surface area contributed by atoms with Crippen LogP contribution in [-0.2, 0) is 13.5 Å². The zero-order chi connectivity index (χ0) is 18.8. The normalized spacial score (nSPS) is 10.6. The summed E-state index contributed by atoms with van der Waals surface area (Å²) in [6, 6.07) is 16.2. The second-order valence-corrected chi connectivity index (χ2v) is 6.07. The topological polar surface area (TPSA) is 69.6 Å². The summed E-state index contributed by atoms with van der Waals surface area (Å²) in [5, 5.41) is 0. The fourth-order valence-electron chi connectivity index (χ4n) is 2.85. The van der Waals surface area contributed by atoms with Crippen LogP contribution in [0.4, 0.5) is 10.2 Å². The minimum absolute atomic E-state index is 0.252. The number of nitrogens with two attached hydrogens (primary N) is 1. The average molecular weight is 357 g/mol. The summed E-state index contributed by atoms with van der Waals surface area (Å²) < 4.78 is 15.3. The fourth-order valence-corrected chi connectivity index (χ4v) is 2.85. The molecule has 0 radical (unpaired) electrons. The van der Waals surface area contributed by atoms with Gasteiger partial charge in [-0.1, -0.05) is 48.4 Å². The SMILES string of the molecule is Cn1c(-c2cccc(F)c2)nc2c(N)nc(C#CCc3ccccc3)nc21. The highest BCUT2D eigenvalue weighted by Crippen LogP contribution is 2.25. The summed E-state index contributed by atoms with van der Waals surface area (Å²) >= 11 is 0. The van der Waals surface area contributed by atoms with Gasteiger partial charge < -0.3 is 10.3 Å². The zero-order valence-corrected chi connectivity index (χ0v) is 14.6. The quantitative estimate of drug-likeness (QED) is 0.559. The van der Waals surface area contributed by atoms with E-state index in [0.29, 0.717) is 34.8 Å². The van der Waals surface area contributed by atoms with Crippen molar-refractivity contribution in [3.63, 3.8) is 0 Å². The van der Waals surface area contributed by atoms with Crippen molar-refractivity contribution in [2.45, 2.75) is 6.42 Å². The van der Waals surface area contributed by atoms with E-state index in [1.54, 1.807) is 16.7 Å². The van der Waals surface area contributed by atoms with Crippen molar-refractivity contribution in [2.75, 3.05) is 5.73 Å². The number of rotatable bonds is 2. The third-order valence-corrected chi connectivity index (χ3v) is 4.16. The van der Waals surface area contributed by atoms with Crippen molar-refractivity contribution in [2.24, 2.45) is 7.05 Å². The molecule has 0 bridgehead atoms. The number of nitrogen functional groups attached to an aromatic ring is 1. The molecule has 6 heteroatoms. The summed E-state index contributed by atoms with van der Waals surface area (Å²) in [6.45, 7) is 0. The molecular weight excluding hydrogens is 341 g/mol. The van der Waals surface area contributed by atoms with Crippen LogP contribution in [0.5, 0.6) is 0 Å². The van der Waals surface area contributed by atoms with Gasteiger partial charge in [-0.2, -0.15) is 0 Å². The van der Waals surface area contributed by atoms with E-state index in [2.05, 4.69) is 26.8 Å². The Balaban J connectivity index is 1.72. The number of halogens is 1. The predicted molar refractivity (Wildman–Crippen MR) is 103 cm³/mol. The van der Waals surface area contributed by atoms with Crippen molar-refractivity contribution in [3.05, 3.63) is 71.8 Å². The largest absolute Gasteiger partial charge is 0.382 e. The van der Waals surface area contributed by atoms with Gasteiger partial charge >= 0.3 is 0 Å². The molecule has 4 rings (SSSR count). The highest BCUT2D eigenvalue weighted by molar-refractivity contribution is 5.85. The summed E-state index contributed by atoms with van der Waals surface area (Å²) in [7, 11) is 1.81. The molecule has 0 fully saturated rings. The first-order valence-corrected chi connectivity index (χ1v) is 8.40. The van der Waals surface area contributed by atoms with Gasteiger partial charge in [0.2, 0.25) is 5.82 Å². The molecule has 2 aromatic carbocycles. The minimum Gasteiger partial charge on any atom is -0.382 e. The predicted octanol–water partition coefficient (Wildman–Crippen LogP) is 3.35. The molecule has 5 nitrogen and oxygen atoms in total. The number of hydrogen-bond acceptors (Lipinski definition) is 4. The monoisotopic (exact) mass is 357 g/mol. The standard InChI is InChI=1S/C21H16FN5/c1-27-20(15-10-6-11-16(22)13-15)26-18-19(23)24-17(25-21(18)27)12-5-9-14-7-3-2-4-8-14/h2-4,6-8,10-11,13H,9H2,1H3,(H2,23,24,25). The molecule has 0 amide bonds. The first-order chi connectivity index (χ1) is 13.1. The van der Waals surface area contributed by atoms with E-state index in [1.807, 2.05) is 37.4 Å². The molecule has 2 N–H and O–H groups in total. The van der Waals surface area contributed by atoms with Crippen molar-refractivity contribution >= 4 is 17.0 Å². The lowest BCUT2D eigenvalue weighted by Gasteiger charge is -2.02. The van der Waals surface area contributed by atoms with Crippen LogP contribution < -0.4 is 5.73 Å². The van der Waals surface area contributed by atoms with E-state index in [4.69, 9.17) is 5.73 Å². The van der Waals surface area contributed by atoms with Gasteiger partial charge in [-0.25, -0.2) is 19.3 Å². The molecule has 27 heavy (non-hydrogen) atoms. The van der Waals surface area contributed by atoms with Crippen LogP contribution >= 0.6 is 0 Å². The molecule has 0 unspecified atom stereocenters. The van der Waals surface area contributed by atoms with Gasteiger partial charge in [0.05, 0.1) is 0 Å². The number of imidazole rings is 1. The first kappa shape index (κ1) is 16.7. The Bertz CT molecular complexity index is 1190. The highest BCUT2D eigenvalue weighted by atomic mass is 19.1. The van der Waals surface area contributed by atoms with Crippen LogP contribution in [0, 0.1) is 17.7 Å². The minimum atomic E-state index is -0.328. The Hall–Kier alpha value is -3.72. The van der Waals surface area contributed by atoms with Crippen molar-refractivity contribution < 1.29 is 4.39 Å². The van der Waals surface area contributed by atoms with Gasteiger partial charge in [-0.15, -0.1) is 0 Å². The van der Waals surface area contributed by atoms with Crippen molar-refractivity contribution in [1.82, 2.24) is 19.5 Å². The molecule has 2 aromatic heterocycles. The van der Waals surface area contributed by atoms with Crippen LogP contribution in [0.25, 0.3) is 22.6 Å². The molecule has 132 valence electrons. The van der Waals surface area contributed by atoms with Gasteiger partial charge in [0.15, 0.2) is 17.0 Å². The smallest absolute Gasteiger partial charge is 0.208 e. The van der Waals surface area contributed by atoms with Crippen molar-refractivity contribution in [1.29, 1.82) is 0 Å².